The zero-order valence-corrected chi connectivity index (χ0v) is 12.7. The fourth-order valence-electron chi connectivity index (χ4n) is 2.83. The summed E-state index contributed by atoms with van der Waals surface area (Å²) < 4.78 is 0. The molecule has 0 unspecified atom stereocenters. The van der Waals surface area contributed by atoms with Gasteiger partial charge in [0, 0.05) is 12.2 Å². The Morgan fingerprint density at radius 3 is 2.79 bits per heavy atom. The molecule has 1 aromatic carbocycles. The minimum Gasteiger partial charge on any atom is -0.389 e. The van der Waals surface area contributed by atoms with E-state index in [1.54, 1.807) is 0 Å². The van der Waals surface area contributed by atoms with Crippen molar-refractivity contribution >= 4 is 34.5 Å². The first-order valence-electron chi connectivity index (χ1n) is 7.00. The smallest absolute Gasteiger partial charge is 0.107 e. The Balaban J connectivity index is 1.85. The van der Waals surface area contributed by atoms with Crippen molar-refractivity contribution in [2.24, 2.45) is 11.7 Å². The number of anilines is 1. The van der Waals surface area contributed by atoms with Gasteiger partial charge in [0.1, 0.15) is 4.99 Å². The van der Waals surface area contributed by atoms with Gasteiger partial charge in [0.05, 0.1) is 10.6 Å². The van der Waals surface area contributed by atoms with E-state index in [-0.39, 0.29) is 0 Å². The van der Waals surface area contributed by atoms with E-state index in [0.717, 1.165) is 23.7 Å². The predicted molar refractivity (Wildman–Crippen MR) is 87.0 cm³/mol. The number of nitrogens with two attached hydrogens (primary N) is 1. The molecule has 1 fully saturated rings. The van der Waals surface area contributed by atoms with Gasteiger partial charge >= 0.3 is 0 Å². The molecule has 2 nitrogen and oxygen atoms in total. The summed E-state index contributed by atoms with van der Waals surface area (Å²) in [5, 5.41) is 4.03. The van der Waals surface area contributed by atoms with Crippen LogP contribution < -0.4 is 11.1 Å². The Hall–Kier alpha value is -0.800. The molecule has 0 heterocycles. The largest absolute Gasteiger partial charge is 0.389 e. The van der Waals surface area contributed by atoms with E-state index < -0.39 is 0 Å². The summed E-state index contributed by atoms with van der Waals surface area (Å²) in [6, 6.07) is 5.72. The van der Waals surface area contributed by atoms with Crippen molar-refractivity contribution < 1.29 is 0 Å². The molecule has 4 heteroatoms. The van der Waals surface area contributed by atoms with Crippen LogP contribution in [0, 0.1) is 5.92 Å². The number of benzene rings is 1. The molecule has 0 aliphatic heterocycles. The lowest BCUT2D eigenvalue weighted by Crippen LogP contribution is -2.14. The van der Waals surface area contributed by atoms with E-state index in [4.69, 9.17) is 29.6 Å². The molecule has 104 valence electrons. The van der Waals surface area contributed by atoms with Gasteiger partial charge in [-0.2, -0.15) is 0 Å². The molecular formula is C15H21ClN2S. The first kappa shape index (κ1) is 14.6. The van der Waals surface area contributed by atoms with Crippen molar-refractivity contribution in [1.29, 1.82) is 0 Å². The minimum absolute atomic E-state index is 0.351. The number of hydrogen-bond acceptors (Lipinski definition) is 2. The predicted octanol–water partition coefficient (Wildman–Crippen LogP) is 4.36. The van der Waals surface area contributed by atoms with Gasteiger partial charge in [-0.15, -0.1) is 0 Å². The summed E-state index contributed by atoms with van der Waals surface area (Å²) in [5.74, 6) is 0.941. The lowest BCUT2D eigenvalue weighted by molar-refractivity contribution is 0.491. The molecule has 1 aliphatic rings. The van der Waals surface area contributed by atoms with Crippen molar-refractivity contribution in [2.75, 3.05) is 11.9 Å². The normalized spacial score (nSPS) is 15.6. The second-order valence-electron chi connectivity index (χ2n) is 5.25. The molecule has 0 amide bonds. The molecule has 1 saturated carbocycles. The van der Waals surface area contributed by atoms with Gasteiger partial charge < -0.3 is 11.1 Å². The molecule has 19 heavy (non-hydrogen) atoms. The molecule has 2 rings (SSSR count). The van der Waals surface area contributed by atoms with Gasteiger partial charge in [-0.05, 0) is 30.9 Å². The van der Waals surface area contributed by atoms with E-state index in [1.807, 2.05) is 18.2 Å². The Kier molecular flexibility index (Phi) is 5.46. The van der Waals surface area contributed by atoms with Crippen molar-refractivity contribution in [3.8, 4) is 0 Å². The van der Waals surface area contributed by atoms with Crippen LogP contribution in [0.5, 0.6) is 0 Å². The average molecular weight is 297 g/mol. The minimum atomic E-state index is 0.351. The first-order valence-corrected chi connectivity index (χ1v) is 7.79. The number of halogens is 1. The van der Waals surface area contributed by atoms with Gasteiger partial charge in [0.25, 0.3) is 0 Å². The van der Waals surface area contributed by atoms with Crippen LogP contribution in [-0.2, 0) is 0 Å². The Bertz CT molecular complexity index is 442. The van der Waals surface area contributed by atoms with E-state index >= 15 is 0 Å². The second kappa shape index (κ2) is 7.11. The highest BCUT2D eigenvalue weighted by atomic mass is 35.5. The van der Waals surface area contributed by atoms with Crippen molar-refractivity contribution in [3.05, 3.63) is 28.8 Å². The highest BCUT2D eigenvalue weighted by molar-refractivity contribution is 7.80. The van der Waals surface area contributed by atoms with E-state index in [1.165, 1.54) is 38.5 Å². The third-order valence-corrected chi connectivity index (χ3v) is 4.36. The molecule has 3 N–H and O–H groups in total. The molecule has 0 atom stereocenters. The summed E-state index contributed by atoms with van der Waals surface area (Å²) in [6.45, 7) is 0.951. The summed E-state index contributed by atoms with van der Waals surface area (Å²) >= 11 is 11.2. The quantitative estimate of drug-likeness (QED) is 0.605. The monoisotopic (exact) mass is 296 g/mol. The highest BCUT2D eigenvalue weighted by Gasteiger charge is 2.14. The second-order valence-corrected chi connectivity index (χ2v) is 6.09. The molecule has 0 saturated heterocycles. The Labute approximate surface area is 125 Å². The maximum atomic E-state index is 6.13. The van der Waals surface area contributed by atoms with Crippen molar-refractivity contribution in [1.82, 2.24) is 0 Å². The molecule has 1 aliphatic carbocycles. The van der Waals surface area contributed by atoms with Crippen LogP contribution in [0.15, 0.2) is 18.2 Å². The van der Waals surface area contributed by atoms with Gasteiger partial charge in [0.2, 0.25) is 0 Å². The fraction of sp³-hybridized carbons (Fsp3) is 0.533. The maximum Gasteiger partial charge on any atom is 0.107 e. The average Bonchev–Trinajstić information content (AvgIpc) is 2.87. The summed E-state index contributed by atoms with van der Waals surface area (Å²) in [6.07, 6.45) is 8.16. The van der Waals surface area contributed by atoms with Gasteiger partial charge in [-0.3, -0.25) is 0 Å². The van der Waals surface area contributed by atoms with E-state index in [0.29, 0.717) is 10.0 Å². The standard InChI is InChI=1S/C15H21ClN2S/c16-12-8-3-9-13(14(12)15(17)19)18-10-4-7-11-5-1-2-6-11/h3,8-9,11,18H,1-2,4-7,10H2,(H2,17,19). The summed E-state index contributed by atoms with van der Waals surface area (Å²) in [7, 11) is 0. The van der Waals surface area contributed by atoms with Crippen LogP contribution in [0.3, 0.4) is 0 Å². The van der Waals surface area contributed by atoms with E-state index in [2.05, 4.69) is 5.32 Å². The van der Waals surface area contributed by atoms with Crippen molar-refractivity contribution in [2.45, 2.75) is 38.5 Å². The fourth-order valence-corrected chi connectivity index (χ4v) is 3.39. The lowest BCUT2D eigenvalue weighted by atomic mass is 10.0. The number of rotatable bonds is 6. The number of nitrogens with one attached hydrogen (secondary N) is 1. The van der Waals surface area contributed by atoms with Crippen LogP contribution in [0.1, 0.15) is 44.1 Å². The highest BCUT2D eigenvalue weighted by Crippen LogP contribution is 2.29. The molecular weight excluding hydrogens is 276 g/mol. The van der Waals surface area contributed by atoms with Crippen molar-refractivity contribution in [3.63, 3.8) is 0 Å². The van der Waals surface area contributed by atoms with E-state index in [9.17, 15) is 0 Å². The van der Waals surface area contributed by atoms with Crippen LogP contribution >= 0.6 is 23.8 Å². The van der Waals surface area contributed by atoms with Crippen LogP contribution in [-0.4, -0.2) is 11.5 Å². The van der Waals surface area contributed by atoms with Gasteiger partial charge in [-0.1, -0.05) is 55.6 Å². The number of hydrogen-bond donors (Lipinski definition) is 2. The topological polar surface area (TPSA) is 38.0 Å². The first-order chi connectivity index (χ1) is 9.18. The SMILES string of the molecule is NC(=S)c1c(Cl)cccc1NCCCC1CCCC1. The molecule has 0 bridgehead atoms. The third-order valence-electron chi connectivity index (χ3n) is 3.84. The van der Waals surface area contributed by atoms with Gasteiger partial charge in [0.15, 0.2) is 0 Å². The molecule has 0 spiro atoms. The molecule has 0 aromatic heterocycles. The summed E-state index contributed by atoms with van der Waals surface area (Å²) in [4.78, 5) is 0.351. The maximum absolute atomic E-state index is 6.13. The molecule has 0 radical (unpaired) electrons. The van der Waals surface area contributed by atoms with Crippen LogP contribution in [0.2, 0.25) is 5.02 Å². The Morgan fingerprint density at radius 1 is 1.37 bits per heavy atom. The zero-order valence-electron chi connectivity index (χ0n) is 11.1. The summed E-state index contributed by atoms with van der Waals surface area (Å²) in [5.41, 5.74) is 7.44. The van der Waals surface area contributed by atoms with Crippen LogP contribution in [0.4, 0.5) is 5.69 Å². The zero-order chi connectivity index (χ0) is 13.7. The van der Waals surface area contributed by atoms with Gasteiger partial charge in [-0.25, -0.2) is 0 Å². The lowest BCUT2D eigenvalue weighted by Gasteiger charge is -2.13. The molecule has 1 aromatic rings. The van der Waals surface area contributed by atoms with Crippen LogP contribution in [0.25, 0.3) is 0 Å². The third kappa shape index (κ3) is 4.08. The number of thiocarbonyl (C=S) groups is 1. The Morgan fingerprint density at radius 2 is 2.11 bits per heavy atom.